The minimum atomic E-state index is 0.0349. The fourth-order valence-electron chi connectivity index (χ4n) is 4.28. The molecule has 5 heteroatoms. The van der Waals surface area contributed by atoms with Crippen molar-refractivity contribution in [2.45, 2.75) is 31.6 Å². The summed E-state index contributed by atoms with van der Waals surface area (Å²) in [4.78, 5) is 6.76. The molecule has 2 aromatic rings. The molecule has 1 aromatic carbocycles. The first-order valence-corrected chi connectivity index (χ1v) is 9.74. The van der Waals surface area contributed by atoms with Crippen LogP contribution in [0.5, 0.6) is 5.75 Å². The minimum Gasteiger partial charge on any atom is -0.497 e. The maximum absolute atomic E-state index is 6.18. The molecule has 0 bridgehead atoms. The number of rotatable bonds is 8. The van der Waals surface area contributed by atoms with Crippen molar-refractivity contribution in [2.24, 2.45) is 5.92 Å². The van der Waals surface area contributed by atoms with Gasteiger partial charge in [0, 0.05) is 39.0 Å². The fourth-order valence-corrected chi connectivity index (χ4v) is 4.28. The van der Waals surface area contributed by atoms with E-state index in [4.69, 9.17) is 14.2 Å². The van der Waals surface area contributed by atoms with Crippen LogP contribution >= 0.6 is 0 Å². The first-order valence-electron chi connectivity index (χ1n) is 9.74. The van der Waals surface area contributed by atoms with Gasteiger partial charge in [-0.25, -0.2) is 0 Å². The Hall–Kier alpha value is -1.95. The van der Waals surface area contributed by atoms with Crippen molar-refractivity contribution < 1.29 is 14.2 Å². The second-order valence-corrected chi connectivity index (χ2v) is 7.56. The molecule has 2 aliphatic heterocycles. The number of ether oxygens (including phenoxy) is 3. The van der Waals surface area contributed by atoms with Gasteiger partial charge in [-0.05, 0) is 48.6 Å². The molecule has 2 saturated heterocycles. The predicted molar refractivity (Wildman–Crippen MR) is 104 cm³/mol. The maximum atomic E-state index is 6.18. The Morgan fingerprint density at radius 2 is 2.15 bits per heavy atom. The normalized spacial score (nSPS) is 21.3. The monoisotopic (exact) mass is 368 g/mol. The van der Waals surface area contributed by atoms with Gasteiger partial charge in [0.1, 0.15) is 5.75 Å². The van der Waals surface area contributed by atoms with Crippen LogP contribution in [-0.2, 0) is 22.6 Å². The van der Waals surface area contributed by atoms with E-state index >= 15 is 0 Å². The summed E-state index contributed by atoms with van der Waals surface area (Å²) < 4.78 is 17.4. The van der Waals surface area contributed by atoms with Crippen LogP contribution in [0.15, 0.2) is 48.7 Å². The Labute approximate surface area is 161 Å². The van der Waals surface area contributed by atoms with E-state index in [-0.39, 0.29) is 5.60 Å². The first-order chi connectivity index (χ1) is 13.3. The predicted octanol–water partition coefficient (Wildman–Crippen LogP) is 3.29. The van der Waals surface area contributed by atoms with Crippen LogP contribution in [0.4, 0.5) is 0 Å². The van der Waals surface area contributed by atoms with E-state index in [1.54, 1.807) is 7.11 Å². The number of nitrogens with zero attached hydrogens (tertiary/aromatic N) is 2. The van der Waals surface area contributed by atoms with Gasteiger partial charge in [-0.3, -0.25) is 9.88 Å². The molecule has 27 heavy (non-hydrogen) atoms. The van der Waals surface area contributed by atoms with Crippen molar-refractivity contribution in [3.8, 4) is 5.75 Å². The van der Waals surface area contributed by atoms with Gasteiger partial charge >= 0.3 is 0 Å². The second-order valence-electron chi connectivity index (χ2n) is 7.56. The lowest BCUT2D eigenvalue weighted by Gasteiger charge is -2.50. The van der Waals surface area contributed by atoms with Gasteiger partial charge in [-0.15, -0.1) is 0 Å². The number of hydrogen-bond donors (Lipinski definition) is 0. The molecule has 2 fully saturated rings. The third-order valence-corrected chi connectivity index (χ3v) is 5.71. The summed E-state index contributed by atoms with van der Waals surface area (Å²) in [7, 11) is 1.71. The van der Waals surface area contributed by atoms with Gasteiger partial charge in [-0.1, -0.05) is 18.2 Å². The van der Waals surface area contributed by atoms with E-state index in [9.17, 15) is 0 Å². The Morgan fingerprint density at radius 1 is 1.22 bits per heavy atom. The molecule has 1 spiro atoms. The largest absolute Gasteiger partial charge is 0.497 e. The van der Waals surface area contributed by atoms with E-state index in [1.807, 2.05) is 30.5 Å². The molecule has 4 rings (SSSR count). The summed E-state index contributed by atoms with van der Waals surface area (Å²) in [6.07, 6.45) is 4.00. The van der Waals surface area contributed by atoms with Crippen molar-refractivity contribution in [3.05, 3.63) is 59.9 Å². The molecule has 1 unspecified atom stereocenters. The van der Waals surface area contributed by atoms with Crippen LogP contribution in [0.2, 0.25) is 0 Å². The summed E-state index contributed by atoms with van der Waals surface area (Å²) in [5.74, 6) is 1.51. The van der Waals surface area contributed by atoms with Crippen LogP contribution in [0.1, 0.15) is 24.1 Å². The van der Waals surface area contributed by atoms with Crippen LogP contribution in [-0.4, -0.2) is 48.9 Å². The molecule has 2 aliphatic rings. The molecule has 1 aromatic heterocycles. The number of aromatic nitrogens is 1. The smallest absolute Gasteiger partial charge is 0.119 e. The lowest BCUT2D eigenvalue weighted by Crippen LogP contribution is -2.64. The van der Waals surface area contributed by atoms with Crippen LogP contribution in [0.3, 0.4) is 0 Å². The molecule has 0 N–H and O–H groups in total. The Kier molecular flexibility index (Phi) is 5.72. The van der Waals surface area contributed by atoms with Crippen LogP contribution in [0.25, 0.3) is 0 Å². The van der Waals surface area contributed by atoms with Crippen molar-refractivity contribution >= 4 is 0 Å². The number of methoxy groups -OCH3 is 1. The van der Waals surface area contributed by atoms with Crippen molar-refractivity contribution in [1.82, 2.24) is 9.88 Å². The molecular weight excluding hydrogens is 340 g/mol. The number of likely N-dealkylation sites (tertiary alicyclic amines) is 1. The Balaban J connectivity index is 1.23. The fraction of sp³-hybridized carbons (Fsp3) is 0.500. The highest BCUT2D eigenvalue weighted by Gasteiger charge is 2.52. The molecule has 3 heterocycles. The summed E-state index contributed by atoms with van der Waals surface area (Å²) >= 11 is 0. The zero-order valence-corrected chi connectivity index (χ0v) is 16.0. The topological polar surface area (TPSA) is 43.8 Å². The molecule has 5 nitrogen and oxygen atoms in total. The van der Waals surface area contributed by atoms with Gasteiger partial charge in [0.05, 0.1) is 25.0 Å². The lowest BCUT2D eigenvalue weighted by atomic mass is 9.79. The average molecular weight is 368 g/mol. The maximum Gasteiger partial charge on any atom is 0.119 e. The first kappa shape index (κ1) is 18.4. The van der Waals surface area contributed by atoms with Crippen LogP contribution < -0.4 is 4.74 Å². The molecule has 0 saturated carbocycles. The quantitative estimate of drug-likeness (QED) is 0.669. The Morgan fingerprint density at radius 3 is 2.96 bits per heavy atom. The highest BCUT2D eigenvalue weighted by atomic mass is 16.5. The van der Waals surface area contributed by atoms with Gasteiger partial charge in [0.2, 0.25) is 0 Å². The summed E-state index contributed by atoms with van der Waals surface area (Å²) in [5.41, 5.74) is 2.31. The molecule has 0 amide bonds. The standard InChI is InChI=1S/C22H28N2O3/c1-25-21-7-4-5-18(13-21)14-24-16-22(17-24)19(9-12-27-22)8-11-26-15-20-6-2-3-10-23-20/h2-7,10,13,19H,8-9,11-12,14-17H2,1H3. The van der Waals surface area contributed by atoms with E-state index < -0.39 is 0 Å². The second kappa shape index (κ2) is 8.38. The van der Waals surface area contributed by atoms with Gasteiger partial charge in [-0.2, -0.15) is 0 Å². The highest BCUT2D eigenvalue weighted by Crippen LogP contribution is 2.42. The van der Waals surface area contributed by atoms with Crippen molar-refractivity contribution in [1.29, 1.82) is 0 Å². The van der Waals surface area contributed by atoms with E-state index in [0.29, 0.717) is 12.5 Å². The SMILES string of the molecule is COc1cccc(CN2CC3(C2)OCCC3CCOCc2ccccn2)c1. The summed E-state index contributed by atoms with van der Waals surface area (Å²) in [6.45, 7) is 5.19. The average Bonchev–Trinajstić information content (AvgIpc) is 3.10. The van der Waals surface area contributed by atoms with E-state index in [2.05, 4.69) is 28.1 Å². The number of benzene rings is 1. The highest BCUT2D eigenvalue weighted by molar-refractivity contribution is 5.28. The molecule has 0 radical (unpaired) electrons. The van der Waals surface area contributed by atoms with Crippen LogP contribution in [0, 0.1) is 5.92 Å². The van der Waals surface area contributed by atoms with Crippen molar-refractivity contribution in [3.63, 3.8) is 0 Å². The number of hydrogen-bond acceptors (Lipinski definition) is 5. The minimum absolute atomic E-state index is 0.0349. The lowest BCUT2D eigenvalue weighted by molar-refractivity contribution is -0.139. The Bertz CT molecular complexity index is 731. The van der Waals surface area contributed by atoms with Crippen molar-refractivity contribution in [2.75, 3.05) is 33.4 Å². The van der Waals surface area contributed by atoms with E-state index in [1.165, 1.54) is 5.56 Å². The molecule has 1 atom stereocenters. The third kappa shape index (κ3) is 4.32. The number of pyridine rings is 1. The van der Waals surface area contributed by atoms with Gasteiger partial charge in [0.15, 0.2) is 0 Å². The van der Waals surface area contributed by atoms with Gasteiger partial charge in [0.25, 0.3) is 0 Å². The zero-order valence-electron chi connectivity index (χ0n) is 16.0. The van der Waals surface area contributed by atoms with Gasteiger partial charge < -0.3 is 14.2 Å². The molecular formula is C22H28N2O3. The van der Waals surface area contributed by atoms with E-state index in [0.717, 1.165) is 57.1 Å². The summed E-state index contributed by atoms with van der Waals surface area (Å²) in [6, 6.07) is 14.2. The molecule has 0 aliphatic carbocycles. The third-order valence-electron chi connectivity index (χ3n) is 5.71. The molecule has 144 valence electrons. The zero-order chi connectivity index (χ0) is 18.5. The summed E-state index contributed by atoms with van der Waals surface area (Å²) in [5, 5.41) is 0.